The van der Waals surface area contributed by atoms with Gasteiger partial charge in [-0.25, -0.2) is 9.78 Å². The molecule has 0 aromatic carbocycles. The van der Waals surface area contributed by atoms with Crippen LogP contribution in [0.2, 0.25) is 0 Å². The fourth-order valence-electron chi connectivity index (χ4n) is 2.84. The van der Waals surface area contributed by atoms with Crippen molar-refractivity contribution >= 4 is 11.9 Å². The third-order valence-electron chi connectivity index (χ3n) is 4.48. The molecule has 10 nitrogen and oxygen atoms in total. The fourth-order valence-corrected chi connectivity index (χ4v) is 2.84. The van der Waals surface area contributed by atoms with E-state index in [4.69, 9.17) is 14.4 Å². The summed E-state index contributed by atoms with van der Waals surface area (Å²) in [5, 5.41) is 13.5. The van der Waals surface area contributed by atoms with Crippen LogP contribution in [-0.2, 0) is 24.4 Å². The van der Waals surface area contributed by atoms with Crippen LogP contribution in [0, 0.1) is 6.92 Å². The number of nitrogens with one attached hydrogen (secondary N) is 1. The minimum atomic E-state index is -5.08. The van der Waals surface area contributed by atoms with Crippen LogP contribution in [0.1, 0.15) is 41.0 Å². The molecule has 170 valence electrons. The number of carboxylic acid groups (broad SMARTS) is 1. The Bertz CT molecular complexity index is 986. The molecule has 0 unspecified atom stereocenters. The number of rotatable bonds is 4. The molecule has 13 heteroatoms. The second kappa shape index (κ2) is 10.2. The van der Waals surface area contributed by atoms with E-state index in [0.717, 1.165) is 25.3 Å². The monoisotopic (exact) mass is 445 g/mol. The maximum Gasteiger partial charge on any atom is 0.490 e. The summed E-state index contributed by atoms with van der Waals surface area (Å²) in [6.45, 7) is 7.18. The van der Waals surface area contributed by atoms with E-state index < -0.39 is 12.1 Å². The highest BCUT2D eigenvalue weighted by atomic mass is 19.4. The van der Waals surface area contributed by atoms with E-state index in [-0.39, 0.29) is 18.0 Å². The van der Waals surface area contributed by atoms with E-state index in [1.807, 2.05) is 0 Å². The highest BCUT2D eigenvalue weighted by molar-refractivity contribution is 5.94. The van der Waals surface area contributed by atoms with Crippen molar-refractivity contribution in [3.8, 4) is 0 Å². The number of aliphatic carboxylic acids is 1. The number of carboxylic acids is 1. The Kier molecular flexibility index (Phi) is 7.91. The number of nitrogens with zero attached hydrogens (tertiary/aromatic N) is 4. The average Bonchev–Trinajstić information content (AvgIpc) is 3.00. The topological polar surface area (TPSA) is 131 Å². The SMILES string of the molecule is CCN1CCCn2c(nc(CNC(=O)c3cnoc3C)cc2=O)C1.O=C(O)C(F)(F)F. The van der Waals surface area contributed by atoms with Crippen LogP contribution in [0.15, 0.2) is 21.6 Å². The van der Waals surface area contributed by atoms with E-state index >= 15 is 0 Å². The van der Waals surface area contributed by atoms with Gasteiger partial charge in [-0.2, -0.15) is 13.2 Å². The summed E-state index contributed by atoms with van der Waals surface area (Å²) in [5.41, 5.74) is 0.883. The first-order valence-corrected chi connectivity index (χ1v) is 9.34. The number of fused-ring (bicyclic) bond motifs is 1. The van der Waals surface area contributed by atoms with Gasteiger partial charge in [-0.1, -0.05) is 12.1 Å². The van der Waals surface area contributed by atoms with E-state index in [0.29, 0.717) is 30.1 Å². The number of carbonyl (C=O) groups excluding carboxylic acids is 1. The summed E-state index contributed by atoms with van der Waals surface area (Å²) in [4.78, 5) is 40.2. The van der Waals surface area contributed by atoms with Gasteiger partial charge in [0.2, 0.25) is 0 Å². The smallest absolute Gasteiger partial charge is 0.475 e. The second-order valence-corrected chi connectivity index (χ2v) is 6.66. The second-order valence-electron chi connectivity index (χ2n) is 6.66. The maximum atomic E-state index is 12.3. The summed E-state index contributed by atoms with van der Waals surface area (Å²) in [6.07, 6.45) is -2.77. The number of hydrogen-bond acceptors (Lipinski definition) is 7. The van der Waals surface area contributed by atoms with Crippen LogP contribution in [0.4, 0.5) is 13.2 Å². The first-order chi connectivity index (χ1) is 14.5. The molecule has 3 heterocycles. The maximum absolute atomic E-state index is 12.3. The normalized spacial score (nSPS) is 14.1. The number of halogens is 3. The zero-order valence-electron chi connectivity index (χ0n) is 16.9. The summed E-state index contributed by atoms with van der Waals surface area (Å²) in [7, 11) is 0. The molecule has 0 radical (unpaired) electrons. The molecule has 2 N–H and O–H groups in total. The predicted octanol–water partition coefficient (Wildman–Crippen LogP) is 1.33. The molecule has 0 aliphatic carbocycles. The van der Waals surface area contributed by atoms with Gasteiger partial charge in [0.05, 0.1) is 25.0 Å². The van der Waals surface area contributed by atoms with Crippen molar-refractivity contribution in [3.05, 3.63) is 45.5 Å². The minimum Gasteiger partial charge on any atom is -0.475 e. The minimum absolute atomic E-state index is 0.0663. The van der Waals surface area contributed by atoms with Crippen molar-refractivity contribution in [2.24, 2.45) is 0 Å². The molecule has 0 bridgehead atoms. The molecule has 0 spiro atoms. The lowest BCUT2D eigenvalue weighted by Gasteiger charge is -2.17. The van der Waals surface area contributed by atoms with E-state index in [1.54, 1.807) is 11.5 Å². The third kappa shape index (κ3) is 6.64. The molecular weight excluding hydrogens is 423 g/mol. The van der Waals surface area contributed by atoms with E-state index in [2.05, 4.69) is 27.3 Å². The molecule has 1 amide bonds. The Labute approximate surface area is 174 Å². The highest BCUT2D eigenvalue weighted by Crippen LogP contribution is 2.13. The van der Waals surface area contributed by atoms with Crippen LogP contribution < -0.4 is 10.9 Å². The van der Waals surface area contributed by atoms with Gasteiger partial charge < -0.3 is 14.9 Å². The number of alkyl halides is 3. The molecule has 0 saturated carbocycles. The Morgan fingerprint density at radius 1 is 1.32 bits per heavy atom. The lowest BCUT2D eigenvalue weighted by Crippen LogP contribution is -2.30. The Morgan fingerprint density at radius 2 is 2.00 bits per heavy atom. The predicted molar refractivity (Wildman–Crippen MR) is 100 cm³/mol. The summed E-state index contributed by atoms with van der Waals surface area (Å²) in [6, 6.07) is 1.49. The van der Waals surface area contributed by atoms with Gasteiger partial charge in [0, 0.05) is 19.2 Å². The van der Waals surface area contributed by atoms with Crippen LogP contribution in [0.3, 0.4) is 0 Å². The number of carbonyl (C=O) groups is 2. The van der Waals surface area contributed by atoms with Gasteiger partial charge >= 0.3 is 12.1 Å². The fraction of sp³-hybridized carbons (Fsp3) is 0.500. The first-order valence-electron chi connectivity index (χ1n) is 9.34. The van der Waals surface area contributed by atoms with Gasteiger partial charge in [0.25, 0.3) is 11.5 Å². The molecule has 1 aliphatic rings. The standard InChI is InChI=1S/C16H21N5O3.C2HF3O2/c1-3-20-5-4-6-21-14(10-20)19-12(7-15(21)22)8-17-16(23)13-9-18-24-11(13)2;3-2(4,5)1(6)7/h7,9H,3-6,8,10H2,1-2H3,(H,17,23);(H,6,7). The summed E-state index contributed by atoms with van der Waals surface area (Å²) in [5.74, 6) is -1.83. The van der Waals surface area contributed by atoms with Crippen molar-refractivity contribution in [2.45, 2.75) is 46.1 Å². The number of aryl methyl sites for hydroxylation is 1. The van der Waals surface area contributed by atoms with Crippen molar-refractivity contribution in [1.82, 2.24) is 24.9 Å². The van der Waals surface area contributed by atoms with Gasteiger partial charge in [-0.15, -0.1) is 0 Å². The van der Waals surface area contributed by atoms with Gasteiger partial charge in [0.1, 0.15) is 17.1 Å². The van der Waals surface area contributed by atoms with Crippen molar-refractivity contribution in [2.75, 3.05) is 13.1 Å². The van der Waals surface area contributed by atoms with Crippen LogP contribution in [-0.4, -0.2) is 55.9 Å². The number of amides is 1. The number of aromatic nitrogens is 3. The molecule has 0 atom stereocenters. The molecule has 3 rings (SSSR count). The van der Waals surface area contributed by atoms with Crippen molar-refractivity contribution < 1.29 is 32.4 Å². The lowest BCUT2D eigenvalue weighted by molar-refractivity contribution is -0.192. The molecule has 31 heavy (non-hydrogen) atoms. The Hall–Kier alpha value is -3.22. The molecule has 0 saturated heterocycles. The molecule has 1 aliphatic heterocycles. The van der Waals surface area contributed by atoms with Crippen LogP contribution >= 0.6 is 0 Å². The summed E-state index contributed by atoms with van der Waals surface area (Å²) < 4.78 is 38.3. The van der Waals surface area contributed by atoms with Crippen molar-refractivity contribution in [1.29, 1.82) is 0 Å². The Morgan fingerprint density at radius 3 is 2.55 bits per heavy atom. The summed E-state index contributed by atoms with van der Waals surface area (Å²) >= 11 is 0. The van der Waals surface area contributed by atoms with E-state index in [1.165, 1.54) is 12.3 Å². The zero-order chi connectivity index (χ0) is 23.2. The van der Waals surface area contributed by atoms with Crippen molar-refractivity contribution in [3.63, 3.8) is 0 Å². The van der Waals surface area contributed by atoms with Crippen LogP contribution in [0.25, 0.3) is 0 Å². The van der Waals surface area contributed by atoms with E-state index in [9.17, 15) is 22.8 Å². The van der Waals surface area contributed by atoms with Crippen LogP contribution in [0.5, 0.6) is 0 Å². The zero-order valence-corrected chi connectivity index (χ0v) is 16.9. The average molecular weight is 445 g/mol. The highest BCUT2D eigenvalue weighted by Gasteiger charge is 2.38. The quantitative estimate of drug-likeness (QED) is 0.721. The number of hydrogen-bond donors (Lipinski definition) is 2. The largest absolute Gasteiger partial charge is 0.490 e. The Balaban J connectivity index is 0.000000423. The molecule has 2 aromatic rings. The lowest BCUT2D eigenvalue weighted by atomic mass is 10.2. The third-order valence-corrected chi connectivity index (χ3v) is 4.48. The van der Waals surface area contributed by atoms with Gasteiger partial charge in [-0.3, -0.25) is 19.1 Å². The molecular formula is C18H22F3N5O5. The first kappa shape index (κ1) is 24.1. The molecule has 2 aromatic heterocycles. The van der Waals surface area contributed by atoms with Gasteiger partial charge in [0.15, 0.2) is 0 Å². The molecule has 0 fully saturated rings. The van der Waals surface area contributed by atoms with Gasteiger partial charge in [-0.05, 0) is 19.9 Å².